The molecule has 0 bridgehead atoms. The predicted molar refractivity (Wildman–Crippen MR) is 143 cm³/mol. The highest BCUT2D eigenvalue weighted by molar-refractivity contribution is 7.89. The monoisotopic (exact) mass is 613 g/mol. The van der Waals surface area contributed by atoms with E-state index in [1.165, 1.54) is 0 Å². The van der Waals surface area contributed by atoms with Crippen molar-refractivity contribution in [3.8, 4) is 0 Å². The number of carboxylic acid groups (broad SMARTS) is 1. The Hall–Kier alpha value is -3.88. The number of amides is 1. The van der Waals surface area contributed by atoms with Crippen LogP contribution >= 0.6 is 0 Å². The van der Waals surface area contributed by atoms with E-state index in [1.807, 2.05) is 60.7 Å². The van der Waals surface area contributed by atoms with Crippen molar-refractivity contribution < 1.29 is 45.1 Å². The van der Waals surface area contributed by atoms with E-state index in [0.29, 0.717) is 25.7 Å². The Kier molecular flexibility index (Phi) is 11.1. The van der Waals surface area contributed by atoms with Crippen molar-refractivity contribution >= 4 is 21.9 Å². The van der Waals surface area contributed by atoms with Gasteiger partial charge >= 0.3 is 12.1 Å². The van der Waals surface area contributed by atoms with Crippen LogP contribution in [0.2, 0.25) is 0 Å². The molecule has 0 spiro atoms. The van der Waals surface area contributed by atoms with Gasteiger partial charge in [-0.25, -0.2) is 26.7 Å². The lowest BCUT2D eigenvalue weighted by Gasteiger charge is -2.30. The summed E-state index contributed by atoms with van der Waals surface area (Å²) in [5.41, 5.74) is 2.15. The van der Waals surface area contributed by atoms with Gasteiger partial charge in [0, 0.05) is 37.7 Å². The SMILES string of the molecule is O=C(NCC(c1ccccc1)c1ccccc1)[C@@H]1CNC[C@H](NS(=O)(=O)c2ccc(F)cc2F)C1.O=C(O)C(F)(F)F. The molecule has 3 aromatic rings. The van der Waals surface area contributed by atoms with E-state index in [2.05, 4.69) is 15.4 Å². The van der Waals surface area contributed by atoms with Gasteiger partial charge in [0.2, 0.25) is 15.9 Å². The number of benzene rings is 3. The van der Waals surface area contributed by atoms with E-state index in [1.54, 1.807) is 0 Å². The smallest absolute Gasteiger partial charge is 0.475 e. The predicted octanol–water partition coefficient (Wildman–Crippen LogP) is 3.80. The van der Waals surface area contributed by atoms with Crippen molar-refractivity contribution in [2.24, 2.45) is 5.92 Å². The molecule has 2 atom stereocenters. The van der Waals surface area contributed by atoms with Crippen molar-refractivity contribution in [3.63, 3.8) is 0 Å². The van der Waals surface area contributed by atoms with Gasteiger partial charge in [-0.2, -0.15) is 13.2 Å². The molecule has 1 aliphatic rings. The second-order valence-corrected chi connectivity index (χ2v) is 11.1. The molecule has 1 fully saturated rings. The van der Waals surface area contributed by atoms with Gasteiger partial charge < -0.3 is 15.7 Å². The molecule has 1 saturated heterocycles. The zero-order chi connectivity index (χ0) is 30.9. The van der Waals surface area contributed by atoms with E-state index in [-0.39, 0.29) is 18.2 Å². The molecule has 226 valence electrons. The minimum absolute atomic E-state index is 0.0337. The molecule has 0 saturated carbocycles. The number of carboxylic acids is 1. The topological polar surface area (TPSA) is 125 Å². The second kappa shape index (κ2) is 14.3. The first-order valence-corrected chi connectivity index (χ1v) is 14.1. The van der Waals surface area contributed by atoms with Gasteiger partial charge in [-0.05, 0) is 29.7 Å². The summed E-state index contributed by atoms with van der Waals surface area (Å²) in [5.74, 6) is -5.47. The summed E-state index contributed by atoms with van der Waals surface area (Å²) >= 11 is 0. The fourth-order valence-corrected chi connectivity index (χ4v) is 5.66. The van der Waals surface area contributed by atoms with Crippen molar-refractivity contribution in [2.75, 3.05) is 19.6 Å². The summed E-state index contributed by atoms with van der Waals surface area (Å²) in [4.78, 5) is 21.3. The summed E-state index contributed by atoms with van der Waals surface area (Å²) in [6.45, 7) is 1.08. The summed E-state index contributed by atoms with van der Waals surface area (Å²) in [6, 6.07) is 21.5. The Morgan fingerprint density at radius 2 is 1.48 bits per heavy atom. The van der Waals surface area contributed by atoms with Crippen LogP contribution in [-0.2, 0) is 19.6 Å². The largest absolute Gasteiger partial charge is 0.490 e. The molecule has 3 aromatic carbocycles. The molecule has 1 aliphatic heterocycles. The Balaban J connectivity index is 0.000000616. The maximum Gasteiger partial charge on any atom is 0.490 e. The first-order chi connectivity index (χ1) is 19.8. The van der Waals surface area contributed by atoms with Crippen LogP contribution < -0.4 is 15.4 Å². The summed E-state index contributed by atoms with van der Waals surface area (Å²) in [7, 11) is -4.22. The molecule has 0 radical (unpaired) electrons. The van der Waals surface area contributed by atoms with Gasteiger partial charge in [-0.15, -0.1) is 0 Å². The number of rotatable bonds is 8. The van der Waals surface area contributed by atoms with E-state index in [4.69, 9.17) is 9.90 Å². The van der Waals surface area contributed by atoms with Gasteiger partial charge in [0.15, 0.2) is 0 Å². The van der Waals surface area contributed by atoms with Gasteiger partial charge in [-0.3, -0.25) is 4.79 Å². The maximum absolute atomic E-state index is 14.0. The van der Waals surface area contributed by atoms with Crippen molar-refractivity contribution in [2.45, 2.75) is 29.5 Å². The maximum atomic E-state index is 14.0. The number of alkyl halides is 3. The molecule has 4 rings (SSSR count). The van der Waals surface area contributed by atoms with Crippen LogP contribution in [0.25, 0.3) is 0 Å². The number of hydrogen-bond donors (Lipinski definition) is 4. The van der Waals surface area contributed by atoms with Crippen LogP contribution in [0, 0.1) is 17.6 Å². The highest BCUT2D eigenvalue weighted by Gasteiger charge is 2.38. The number of nitrogens with one attached hydrogen (secondary N) is 3. The Morgan fingerprint density at radius 1 is 0.929 bits per heavy atom. The molecule has 8 nitrogen and oxygen atoms in total. The molecule has 1 amide bonds. The number of halogens is 5. The zero-order valence-electron chi connectivity index (χ0n) is 21.9. The van der Waals surface area contributed by atoms with Crippen LogP contribution in [0.15, 0.2) is 83.8 Å². The lowest BCUT2D eigenvalue weighted by atomic mass is 9.90. The minimum Gasteiger partial charge on any atom is -0.475 e. The Labute approximate surface area is 239 Å². The number of piperidine rings is 1. The molecule has 0 aromatic heterocycles. The third-order valence-corrected chi connectivity index (χ3v) is 7.91. The molecule has 4 N–H and O–H groups in total. The summed E-state index contributed by atoms with van der Waals surface area (Å²) in [6.07, 6.45) is -4.83. The third-order valence-electron chi connectivity index (χ3n) is 6.35. The number of sulfonamides is 1. The highest BCUT2D eigenvalue weighted by Crippen LogP contribution is 2.24. The van der Waals surface area contributed by atoms with Crippen molar-refractivity contribution in [3.05, 3.63) is 102 Å². The van der Waals surface area contributed by atoms with E-state index in [9.17, 15) is 35.2 Å². The Bertz CT molecular complexity index is 1420. The fraction of sp³-hybridized carbons (Fsp3) is 0.286. The molecule has 0 aliphatic carbocycles. The average molecular weight is 614 g/mol. The first-order valence-electron chi connectivity index (χ1n) is 12.6. The van der Waals surface area contributed by atoms with Crippen LogP contribution in [-0.4, -0.2) is 57.3 Å². The molecule has 1 heterocycles. The molecule has 42 heavy (non-hydrogen) atoms. The van der Waals surface area contributed by atoms with Gasteiger partial charge in [0.25, 0.3) is 0 Å². The zero-order valence-corrected chi connectivity index (χ0v) is 22.8. The number of aliphatic carboxylic acids is 1. The Morgan fingerprint density at radius 3 is 1.98 bits per heavy atom. The van der Waals surface area contributed by atoms with Gasteiger partial charge in [-0.1, -0.05) is 60.7 Å². The van der Waals surface area contributed by atoms with Gasteiger partial charge in [0.05, 0.1) is 5.92 Å². The number of carbonyl (C=O) groups excluding carboxylic acids is 1. The second-order valence-electron chi connectivity index (χ2n) is 9.41. The minimum atomic E-state index is -5.08. The van der Waals surface area contributed by atoms with Crippen molar-refractivity contribution in [1.29, 1.82) is 0 Å². The first kappa shape index (κ1) is 32.6. The van der Waals surface area contributed by atoms with Crippen molar-refractivity contribution in [1.82, 2.24) is 15.4 Å². The number of hydrogen-bond acceptors (Lipinski definition) is 5. The lowest BCUT2D eigenvalue weighted by molar-refractivity contribution is -0.192. The normalized spacial score (nSPS) is 17.2. The molecular weight excluding hydrogens is 585 g/mol. The molecule has 0 unspecified atom stereocenters. The third kappa shape index (κ3) is 9.33. The van der Waals surface area contributed by atoms with E-state index in [0.717, 1.165) is 23.3 Å². The summed E-state index contributed by atoms with van der Waals surface area (Å²) in [5, 5.41) is 13.2. The molecule has 14 heteroatoms. The van der Waals surface area contributed by atoms with E-state index < -0.39 is 50.7 Å². The highest BCUT2D eigenvalue weighted by atomic mass is 32.2. The average Bonchev–Trinajstić information content (AvgIpc) is 2.94. The number of carbonyl (C=O) groups is 2. The standard InChI is InChI=1S/C26H27F2N3O3S.C2HF3O2/c27-21-11-12-25(24(28)14-21)35(33,34)31-22-13-20(15-29-16-22)26(32)30-17-23(18-7-3-1-4-8-18)19-9-5-2-6-10-19;3-2(4,5)1(6)7/h1-12,14,20,22-23,29,31H,13,15-17H2,(H,30,32);(H,6,7)/t20-,22+;/m0./s1. The van der Waals surface area contributed by atoms with E-state index >= 15 is 0 Å². The molecular formula is C28H28F5N3O5S. The summed E-state index contributed by atoms with van der Waals surface area (Å²) < 4.78 is 86.6. The quantitative estimate of drug-likeness (QED) is 0.287. The van der Waals surface area contributed by atoms with Gasteiger partial charge in [0.1, 0.15) is 16.5 Å². The van der Waals surface area contributed by atoms with Crippen LogP contribution in [0.4, 0.5) is 22.0 Å². The lowest BCUT2D eigenvalue weighted by Crippen LogP contribution is -2.52. The van der Waals surface area contributed by atoms with Crippen LogP contribution in [0.5, 0.6) is 0 Å². The van der Waals surface area contributed by atoms with Crippen LogP contribution in [0.1, 0.15) is 23.5 Å². The van der Waals surface area contributed by atoms with Crippen LogP contribution in [0.3, 0.4) is 0 Å². The fourth-order valence-electron chi connectivity index (χ4n) is 4.35.